The van der Waals surface area contributed by atoms with Crippen LogP contribution in [0.4, 0.5) is 5.69 Å². The minimum Gasteiger partial charge on any atom is -0.394 e. The number of nitrogens with zero attached hydrogens (tertiary/aromatic N) is 2. The third kappa shape index (κ3) is 2.56. The van der Waals surface area contributed by atoms with E-state index >= 15 is 0 Å². The highest BCUT2D eigenvalue weighted by Crippen LogP contribution is 2.22. The van der Waals surface area contributed by atoms with Gasteiger partial charge >= 0.3 is 0 Å². The molecule has 4 heteroatoms. The molecule has 0 radical (unpaired) electrons. The molecule has 2 rings (SSSR count). The van der Waals surface area contributed by atoms with Crippen molar-refractivity contribution in [3.05, 3.63) is 28.7 Å². The van der Waals surface area contributed by atoms with E-state index in [1.807, 2.05) is 12.1 Å². The Hall–Kier alpha value is -0.580. The fourth-order valence-corrected chi connectivity index (χ4v) is 2.40. The van der Waals surface area contributed by atoms with Crippen LogP contribution in [-0.2, 0) is 0 Å². The summed E-state index contributed by atoms with van der Waals surface area (Å²) in [5.74, 6) is 0. The molecule has 1 saturated heterocycles. The monoisotopic (exact) mass is 284 g/mol. The van der Waals surface area contributed by atoms with E-state index in [9.17, 15) is 5.11 Å². The molecule has 1 aromatic carbocycles. The molecule has 3 nitrogen and oxygen atoms in total. The van der Waals surface area contributed by atoms with E-state index in [1.54, 1.807) is 0 Å². The Morgan fingerprint density at radius 2 is 2.00 bits per heavy atom. The molecule has 16 heavy (non-hydrogen) atoms. The second kappa shape index (κ2) is 5.17. The van der Waals surface area contributed by atoms with Crippen molar-refractivity contribution in [3.63, 3.8) is 0 Å². The Morgan fingerprint density at radius 1 is 1.31 bits per heavy atom. The van der Waals surface area contributed by atoms with Crippen molar-refractivity contribution in [1.29, 1.82) is 0 Å². The Kier molecular flexibility index (Phi) is 3.84. The van der Waals surface area contributed by atoms with Crippen LogP contribution >= 0.6 is 15.9 Å². The van der Waals surface area contributed by atoms with Crippen LogP contribution in [0.15, 0.2) is 28.7 Å². The van der Waals surface area contributed by atoms with Gasteiger partial charge in [-0.15, -0.1) is 0 Å². The Balaban J connectivity index is 2.15. The first kappa shape index (κ1) is 11.9. The highest BCUT2D eigenvalue weighted by molar-refractivity contribution is 9.10. The van der Waals surface area contributed by atoms with Crippen LogP contribution in [0.2, 0.25) is 0 Å². The van der Waals surface area contributed by atoms with Crippen LogP contribution in [0.3, 0.4) is 0 Å². The lowest BCUT2D eigenvalue weighted by atomic mass is 10.1. The molecule has 88 valence electrons. The molecule has 0 aliphatic carbocycles. The van der Waals surface area contributed by atoms with Crippen molar-refractivity contribution in [2.75, 3.05) is 38.2 Å². The highest BCUT2D eigenvalue weighted by Gasteiger charge is 2.24. The Bertz CT molecular complexity index is 341. The summed E-state index contributed by atoms with van der Waals surface area (Å²) in [4.78, 5) is 4.54. The van der Waals surface area contributed by atoms with E-state index in [0.29, 0.717) is 0 Å². The maximum atomic E-state index is 9.42. The molecule has 0 aromatic heterocycles. The third-order valence-corrected chi connectivity index (χ3v) is 3.58. The normalized spacial score (nSPS) is 22.4. The van der Waals surface area contributed by atoms with Gasteiger partial charge in [-0.05, 0) is 31.3 Å². The number of aliphatic hydroxyl groups is 1. The number of hydrogen-bond donors (Lipinski definition) is 1. The summed E-state index contributed by atoms with van der Waals surface area (Å²) in [6, 6.07) is 8.49. The lowest BCUT2D eigenvalue weighted by Gasteiger charge is -2.40. The van der Waals surface area contributed by atoms with Gasteiger partial charge in [0.05, 0.1) is 12.6 Å². The number of rotatable bonds is 2. The molecule has 1 aliphatic heterocycles. The first-order valence-corrected chi connectivity index (χ1v) is 6.31. The molecule has 0 spiro atoms. The number of hydrogen-bond acceptors (Lipinski definition) is 3. The zero-order valence-corrected chi connectivity index (χ0v) is 11.0. The number of piperazine rings is 1. The van der Waals surface area contributed by atoms with Crippen LogP contribution < -0.4 is 4.90 Å². The molecule has 1 atom stereocenters. The fourth-order valence-electron chi connectivity index (χ4n) is 2.14. The number of halogens is 1. The summed E-state index contributed by atoms with van der Waals surface area (Å²) in [5, 5.41) is 9.42. The van der Waals surface area contributed by atoms with E-state index in [0.717, 1.165) is 24.1 Å². The standard InChI is InChI=1S/C12H17BrN2O/c1-14-6-7-15(12(8-14)9-16)11-4-2-10(13)3-5-11/h2-5,12,16H,6-9H2,1H3. The van der Waals surface area contributed by atoms with E-state index < -0.39 is 0 Å². The Labute approximate surface area is 105 Å². The molecule has 1 N–H and O–H groups in total. The topological polar surface area (TPSA) is 26.7 Å². The number of aliphatic hydroxyl groups excluding tert-OH is 1. The highest BCUT2D eigenvalue weighted by atomic mass is 79.9. The summed E-state index contributed by atoms with van der Waals surface area (Å²) in [6.07, 6.45) is 0. The average Bonchev–Trinajstić information content (AvgIpc) is 2.30. The van der Waals surface area contributed by atoms with Crippen molar-refractivity contribution < 1.29 is 5.11 Å². The van der Waals surface area contributed by atoms with Crippen molar-refractivity contribution >= 4 is 21.6 Å². The summed E-state index contributed by atoms with van der Waals surface area (Å²) in [6.45, 7) is 3.16. The van der Waals surface area contributed by atoms with Gasteiger partial charge in [0.15, 0.2) is 0 Å². The minimum absolute atomic E-state index is 0.208. The molecule has 1 heterocycles. The van der Waals surface area contributed by atoms with E-state index in [4.69, 9.17) is 0 Å². The number of likely N-dealkylation sites (N-methyl/N-ethyl adjacent to an activating group) is 1. The molecule has 0 bridgehead atoms. The zero-order valence-electron chi connectivity index (χ0n) is 9.43. The van der Waals surface area contributed by atoms with Gasteiger partial charge in [-0.25, -0.2) is 0 Å². The van der Waals surface area contributed by atoms with Crippen molar-refractivity contribution in [2.24, 2.45) is 0 Å². The SMILES string of the molecule is CN1CCN(c2ccc(Br)cc2)C(CO)C1. The Morgan fingerprint density at radius 3 is 2.62 bits per heavy atom. The van der Waals surface area contributed by atoms with Crippen molar-refractivity contribution in [1.82, 2.24) is 4.90 Å². The summed E-state index contributed by atoms with van der Waals surface area (Å²) < 4.78 is 1.09. The van der Waals surface area contributed by atoms with Gasteiger partial charge in [0, 0.05) is 29.8 Å². The van der Waals surface area contributed by atoms with Gasteiger partial charge in [-0.2, -0.15) is 0 Å². The van der Waals surface area contributed by atoms with Gasteiger partial charge in [-0.3, -0.25) is 0 Å². The summed E-state index contributed by atoms with van der Waals surface area (Å²) in [5.41, 5.74) is 1.19. The largest absolute Gasteiger partial charge is 0.394 e. The van der Waals surface area contributed by atoms with Crippen LogP contribution in [0.25, 0.3) is 0 Å². The lowest BCUT2D eigenvalue weighted by Crippen LogP contribution is -2.53. The zero-order chi connectivity index (χ0) is 11.5. The molecule has 1 unspecified atom stereocenters. The number of benzene rings is 1. The van der Waals surface area contributed by atoms with Crippen LogP contribution in [0.1, 0.15) is 0 Å². The average molecular weight is 285 g/mol. The first-order chi connectivity index (χ1) is 7.70. The second-order valence-electron chi connectivity index (χ2n) is 4.27. The molecule has 1 fully saturated rings. The predicted molar refractivity (Wildman–Crippen MR) is 69.9 cm³/mol. The van der Waals surface area contributed by atoms with Gasteiger partial charge in [-0.1, -0.05) is 15.9 Å². The molecule has 1 aliphatic rings. The minimum atomic E-state index is 0.208. The van der Waals surface area contributed by atoms with E-state index in [1.165, 1.54) is 5.69 Å². The third-order valence-electron chi connectivity index (χ3n) is 3.05. The molecule has 1 aromatic rings. The first-order valence-electron chi connectivity index (χ1n) is 5.52. The molecular formula is C12H17BrN2O. The van der Waals surface area contributed by atoms with Gasteiger partial charge in [0.25, 0.3) is 0 Å². The smallest absolute Gasteiger partial charge is 0.0648 e. The lowest BCUT2D eigenvalue weighted by molar-refractivity contribution is 0.191. The van der Waals surface area contributed by atoms with Gasteiger partial charge < -0.3 is 14.9 Å². The molecular weight excluding hydrogens is 268 g/mol. The fraction of sp³-hybridized carbons (Fsp3) is 0.500. The van der Waals surface area contributed by atoms with Crippen LogP contribution in [-0.4, -0.2) is 49.3 Å². The summed E-state index contributed by atoms with van der Waals surface area (Å²) >= 11 is 3.44. The molecule has 0 amide bonds. The van der Waals surface area contributed by atoms with Gasteiger partial charge in [0.2, 0.25) is 0 Å². The van der Waals surface area contributed by atoms with Crippen molar-refractivity contribution in [2.45, 2.75) is 6.04 Å². The van der Waals surface area contributed by atoms with Crippen LogP contribution in [0.5, 0.6) is 0 Å². The second-order valence-corrected chi connectivity index (χ2v) is 5.18. The molecule has 0 saturated carbocycles. The quantitative estimate of drug-likeness (QED) is 0.893. The summed E-state index contributed by atoms with van der Waals surface area (Å²) in [7, 11) is 2.10. The van der Waals surface area contributed by atoms with E-state index in [2.05, 4.69) is 44.9 Å². The van der Waals surface area contributed by atoms with Gasteiger partial charge in [0.1, 0.15) is 0 Å². The number of anilines is 1. The maximum absolute atomic E-state index is 9.42. The van der Waals surface area contributed by atoms with Crippen molar-refractivity contribution in [3.8, 4) is 0 Å². The maximum Gasteiger partial charge on any atom is 0.0648 e. The van der Waals surface area contributed by atoms with E-state index in [-0.39, 0.29) is 12.6 Å². The van der Waals surface area contributed by atoms with Crippen LogP contribution in [0, 0.1) is 0 Å². The predicted octanol–water partition coefficient (Wildman–Crippen LogP) is 1.56.